The third kappa shape index (κ3) is 3.22. The van der Waals surface area contributed by atoms with Crippen LogP contribution in [-0.4, -0.2) is 52.9 Å². The number of carboxylic acids is 1. The first kappa shape index (κ1) is 15.0. The third-order valence-corrected chi connectivity index (χ3v) is 3.23. The molecule has 7 nitrogen and oxygen atoms in total. The van der Waals surface area contributed by atoms with Crippen LogP contribution in [0.3, 0.4) is 0 Å². The second-order valence-electron chi connectivity index (χ2n) is 4.68. The summed E-state index contributed by atoms with van der Waals surface area (Å²) in [7, 11) is 1.32. The Kier molecular flexibility index (Phi) is 4.27. The molecule has 2 amide bonds. The highest BCUT2D eigenvalue weighted by atomic mass is 19.1. The molecule has 21 heavy (non-hydrogen) atoms. The fraction of sp³-hybridized carbons (Fsp3) is 0.385. The van der Waals surface area contributed by atoms with Crippen LogP contribution in [0, 0.1) is 5.82 Å². The molecule has 1 fully saturated rings. The van der Waals surface area contributed by atoms with E-state index in [4.69, 9.17) is 9.84 Å². The summed E-state index contributed by atoms with van der Waals surface area (Å²) >= 11 is 0. The van der Waals surface area contributed by atoms with Gasteiger partial charge in [0.15, 0.2) is 11.6 Å². The van der Waals surface area contributed by atoms with Crippen molar-refractivity contribution in [2.24, 2.45) is 0 Å². The molecule has 2 unspecified atom stereocenters. The number of aliphatic carboxylic acids is 1. The van der Waals surface area contributed by atoms with Crippen LogP contribution in [0.15, 0.2) is 18.2 Å². The molecule has 0 saturated carbocycles. The van der Waals surface area contributed by atoms with Gasteiger partial charge >= 0.3 is 12.0 Å². The highest BCUT2D eigenvalue weighted by Crippen LogP contribution is 2.23. The van der Waals surface area contributed by atoms with Crippen molar-refractivity contribution in [2.45, 2.75) is 18.6 Å². The number of anilines is 1. The Morgan fingerprint density at radius 1 is 1.48 bits per heavy atom. The molecule has 0 bridgehead atoms. The number of aliphatic hydroxyl groups excluding tert-OH is 1. The van der Waals surface area contributed by atoms with E-state index in [0.29, 0.717) is 0 Å². The van der Waals surface area contributed by atoms with Crippen molar-refractivity contribution in [2.75, 3.05) is 19.0 Å². The van der Waals surface area contributed by atoms with Gasteiger partial charge in [0.05, 0.1) is 13.2 Å². The first-order chi connectivity index (χ1) is 9.92. The summed E-state index contributed by atoms with van der Waals surface area (Å²) in [5, 5.41) is 20.9. The Morgan fingerprint density at radius 3 is 2.76 bits per heavy atom. The van der Waals surface area contributed by atoms with Crippen LogP contribution in [-0.2, 0) is 4.79 Å². The summed E-state index contributed by atoms with van der Waals surface area (Å²) in [4.78, 5) is 24.1. The number of nitrogens with one attached hydrogen (secondary N) is 1. The Labute approximate surface area is 119 Å². The van der Waals surface area contributed by atoms with Crippen molar-refractivity contribution in [1.82, 2.24) is 4.90 Å². The number of nitrogens with zero attached hydrogens (tertiary/aromatic N) is 1. The lowest BCUT2D eigenvalue weighted by Crippen LogP contribution is -2.43. The minimum atomic E-state index is -1.19. The van der Waals surface area contributed by atoms with Gasteiger partial charge in [-0.2, -0.15) is 0 Å². The first-order valence-electron chi connectivity index (χ1n) is 6.24. The van der Waals surface area contributed by atoms with Gasteiger partial charge in [0.1, 0.15) is 6.04 Å². The van der Waals surface area contributed by atoms with E-state index in [1.807, 2.05) is 0 Å². The molecular weight excluding hydrogens is 283 g/mol. The number of likely N-dealkylation sites (tertiary alicyclic amines) is 1. The molecule has 1 saturated heterocycles. The Bertz CT molecular complexity index is 565. The van der Waals surface area contributed by atoms with Crippen molar-refractivity contribution in [3.8, 4) is 5.75 Å². The normalized spacial score (nSPS) is 21.2. The van der Waals surface area contributed by atoms with Crippen molar-refractivity contribution >= 4 is 17.7 Å². The fourth-order valence-electron chi connectivity index (χ4n) is 2.21. The van der Waals surface area contributed by atoms with E-state index in [9.17, 15) is 19.1 Å². The highest BCUT2D eigenvalue weighted by Gasteiger charge is 2.39. The summed E-state index contributed by atoms with van der Waals surface area (Å²) in [5.74, 6) is -1.80. The van der Waals surface area contributed by atoms with Crippen molar-refractivity contribution in [3.63, 3.8) is 0 Å². The third-order valence-electron chi connectivity index (χ3n) is 3.23. The molecule has 1 aromatic rings. The minimum absolute atomic E-state index is 0.0280. The summed E-state index contributed by atoms with van der Waals surface area (Å²) < 4.78 is 18.3. The smallest absolute Gasteiger partial charge is 0.326 e. The van der Waals surface area contributed by atoms with Gasteiger partial charge in [0.2, 0.25) is 0 Å². The molecule has 8 heteroatoms. The number of carbonyl (C=O) groups excluding carboxylic acids is 1. The molecule has 1 aromatic carbocycles. The number of amides is 2. The molecular formula is C13H15FN2O5. The largest absolute Gasteiger partial charge is 0.494 e. The Morgan fingerprint density at radius 2 is 2.19 bits per heavy atom. The van der Waals surface area contributed by atoms with Crippen LogP contribution < -0.4 is 10.1 Å². The van der Waals surface area contributed by atoms with Crippen molar-refractivity contribution in [1.29, 1.82) is 0 Å². The molecule has 1 aliphatic heterocycles. The average molecular weight is 298 g/mol. The number of hydrogen-bond donors (Lipinski definition) is 3. The van der Waals surface area contributed by atoms with E-state index in [-0.39, 0.29) is 24.4 Å². The van der Waals surface area contributed by atoms with Gasteiger partial charge in [0.25, 0.3) is 0 Å². The maximum atomic E-state index is 13.5. The zero-order valence-corrected chi connectivity index (χ0v) is 11.2. The number of benzene rings is 1. The van der Waals surface area contributed by atoms with Crippen molar-refractivity contribution in [3.05, 3.63) is 24.0 Å². The predicted octanol–water partition coefficient (Wildman–Crippen LogP) is 0.886. The summed E-state index contributed by atoms with van der Waals surface area (Å²) in [6.45, 7) is -0.0819. The number of urea groups is 1. The van der Waals surface area contributed by atoms with Gasteiger partial charge in [-0.25, -0.2) is 14.0 Å². The van der Waals surface area contributed by atoms with Crippen LogP contribution in [0.2, 0.25) is 0 Å². The Balaban J connectivity index is 2.10. The zero-order chi connectivity index (χ0) is 15.6. The monoisotopic (exact) mass is 298 g/mol. The van der Waals surface area contributed by atoms with Crippen LogP contribution in [0.25, 0.3) is 0 Å². The van der Waals surface area contributed by atoms with Crippen LogP contribution >= 0.6 is 0 Å². The number of carboxylic acid groups (broad SMARTS) is 1. The van der Waals surface area contributed by atoms with Gasteiger partial charge in [-0.1, -0.05) is 0 Å². The average Bonchev–Trinajstić information content (AvgIpc) is 2.81. The van der Waals surface area contributed by atoms with E-state index in [1.165, 1.54) is 19.2 Å². The van der Waals surface area contributed by atoms with E-state index in [1.54, 1.807) is 0 Å². The summed E-state index contributed by atoms with van der Waals surface area (Å²) in [6.07, 6.45) is -0.913. The lowest BCUT2D eigenvalue weighted by atomic mass is 10.2. The molecule has 0 spiro atoms. The number of halogens is 1. The van der Waals surface area contributed by atoms with E-state index < -0.39 is 30.0 Å². The number of ether oxygens (including phenoxy) is 1. The minimum Gasteiger partial charge on any atom is -0.494 e. The number of methoxy groups -OCH3 is 1. The molecule has 3 N–H and O–H groups in total. The molecule has 0 radical (unpaired) electrons. The van der Waals surface area contributed by atoms with E-state index >= 15 is 0 Å². The van der Waals surface area contributed by atoms with Gasteiger partial charge in [-0.15, -0.1) is 0 Å². The summed E-state index contributed by atoms with van der Waals surface area (Å²) in [5.41, 5.74) is 0.170. The van der Waals surface area contributed by atoms with Gasteiger partial charge in [-0.05, 0) is 12.1 Å². The van der Waals surface area contributed by atoms with Gasteiger partial charge in [-0.3, -0.25) is 0 Å². The maximum absolute atomic E-state index is 13.5. The number of β-amino-alcohol motifs (C(OH)–C–C–N with tert-alkyl or cyclic N) is 1. The maximum Gasteiger partial charge on any atom is 0.326 e. The molecule has 2 rings (SSSR count). The molecule has 2 atom stereocenters. The van der Waals surface area contributed by atoms with E-state index in [2.05, 4.69) is 5.32 Å². The topological polar surface area (TPSA) is 99.1 Å². The quantitative estimate of drug-likeness (QED) is 0.769. The summed E-state index contributed by atoms with van der Waals surface area (Å²) in [6, 6.07) is 2.05. The van der Waals surface area contributed by atoms with Gasteiger partial charge < -0.3 is 25.2 Å². The number of hydrogen-bond acceptors (Lipinski definition) is 4. The van der Waals surface area contributed by atoms with Crippen LogP contribution in [0.5, 0.6) is 5.75 Å². The highest BCUT2D eigenvalue weighted by molar-refractivity contribution is 5.92. The first-order valence-corrected chi connectivity index (χ1v) is 6.24. The van der Waals surface area contributed by atoms with Gasteiger partial charge in [0, 0.05) is 24.7 Å². The van der Waals surface area contributed by atoms with E-state index in [0.717, 1.165) is 11.0 Å². The second kappa shape index (κ2) is 5.96. The number of rotatable bonds is 3. The van der Waals surface area contributed by atoms with Crippen LogP contribution in [0.1, 0.15) is 6.42 Å². The van der Waals surface area contributed by atoms with Crippen molar-refractivity contribution < 1.29 is 28.9 Å². The number of aliphatic hydroxyl groups is 1. The molecule has 0 aliphatic carbocycles. The molecule has 1 aliphatic rings. The standard InChI is InChI=1S/C13H15FN2O5/c1-21-11-3-2-7(4-9(11)14)15-13(20)16-6-8(17)5-10(16)12(18)19/h2-4,8,10,17H,5-6H2,1H3,(H,15,20)(H,18,19). The molecule has 1 heterocycles. The Hall–Kier alpha value is -2.35. The number of carbonyl (C=O) groups is 2. The van der Waals surface area contributed by atoms with Crippen LogP contribution in [0.4, 0.5) is 14.9 Å². The lowest BCUT2D eigenvalue weighted by molar-refractivity contribution is -0.141. The predicted molar refractivity (Wildman–Crippen MR) is 70.7 cm³/mol. The lowest BCUT2D eigenvalue weighted by Gasteiger charge is -2.21. The second-order valence-corrected chi connectivity index (χ2v) is 4.68. The fourth-order valence-corrected chi connectivity index (χ4v) is 2.21. The molecule has 114 valence electrons. The SMILES string of the molecule is COc1ccc(NC(=O)N2CC(O)CC2C(=O)O)cc1F. The zero-order valence-electron chi connectivity index (χ0n) is 11.2. The molecule has 0 aromatic heterocycles.